The molecule has 1 aromatic rings. The highest BCUT2D eigenvalue weighted by molar-refractivity contribution is 7.10. The molecule has 18 heavy (non-hydrogen) atoms. The van der Waals surface area contributed by atoms with Crippen molar-refractivity contribution in [2.45, 2.75) is 51.6 Å². The van der Waals surface area contributed by atoms with E-state index in [1.54, 1.807) is 0 Å². The van der Waals surface area contributed by atoms with E-state index in [4.69, 9.17) is 0 Å². The maximum Gasteiger partial charge on any atom is 0.0439 e. The lowest BCUT2D eigenvalue weighted by atomic mass is 10.0. The number of piperidine rings is 1. The van der Waals surface area contributed by atoms with Crippen molar-refractivity contribution in [2.75, 3.05) is 19.6 Å². The van der Waals surface area contributed by atoms with Crippen LogP contribution in [0.15, 0.2) is 17.5 Å². The van der Waals surface area contributed by atoms with E-state index >= 15 is 0 Å². The molecule has 0 spiro atoms. The first-order valence-corrected chi connectivity index (χ1v) is 8.24. The van der Waals surface area contributed by atoms with Crippen LogP contribution in [0.5, 0.6) is 0 Å². The fourth-order valence-electron chi connectivity index (χ4n) is 2.96. The molecular formula is C15H26N2S. The van der Waals surface area contributed by atoms with Crippen LogP contribution in [0.25, 0.3) is 0 Å². The fourth-order valence-corrected chi connectivity index (χ4v) is 3.90. The molecule has 2 unspecified atom stereocenters. The molecule has 0 aliphatic carbocycles. The standard InChI is InChI=1S/C15H26N2S/c1-3-14(15-9-7-11-18-15)17(4-2)12-13-8-5-6-10-16-13/h7,9,11,13-14,16H,3-6,8,10,12H2,1-2H3. The Morgan fingerprint density at radius 1 is 1.44 bits per heavy atom. The zero-order chi connectivity index (χ0) is 12.8. The van der Waals surface area contributed by atoms with E-state index in [1.165, 1.54) is 43.6 Å². The number of thiophene rings is 1. The molecule has 1 aromatic heterocycles. The molecule has 2 rings (SSSR count). The monoisotopic (exact) mass is 266 g/mol. The Hall–Kier alpha value is -0.380. The molecule has 2 atom stereocenters. The summed E-state index contributed by atoms with van der Waals surface area (Å²) < 4.78 is 0. The summed E-state index contributed by atoms with van der Waals surface area (Å²) in [7, 11) is 0. The summed E-state index contributed by atoms with van der Waals surface area (Å²) in [5.41, 5.74) is 0. The third-order valence-corrected chi connectivity index (χ3v) is 4.95. The number of likely N-dealkylation sites (N-methyl/N-ethyl adjacent to an activating group) is 1. The van der Waals surface area contributed by atoms with E-state index in [2.05, 4.69) is 41.6 Å². The van der Waals surface area contributed by atoms with Crippen LogP contribution in [0.2, 0.25) is 0 Å². The minimum Gasteiger partial charge on any atom is -0.313 e. The van der Waals surface area contributed by atoms with E-state index in [-0.39, 0.29) is 0 Å². The van der Waals surface area contributed by atoms with Crippen LogP contribution >= 0.6 is 11.3 Å². The van der Waals surface area contributed by atoms with Gasteiger partial charge in [0.05, 0.1) is 0 Å². The Labute approximate surface area is 115 Å². The lowest BCUT2D eigenvalue weighted by Gasteiger charge is -2.34. The van der Waals surface area contributed by atoms with Crippen molar-refractivity contribution in [3.63, 3.8) is 0 Å². The summed E-state index contributed by atoms with van der Waals surface area (Å²) in [4.78, 5) is 4.17. The summed E-state index contributed by atoms with van der Waals surface area (Å²) in [6.07, 6.45) is 5.30. The zero-order valence-electron chi connectivity index (χ0n) is 11.7. The third kappa shape index (κ3) is 3.56. The Balaban J connectivity index is 1.97. The van der Waals surface area contributed by atoms with Crippen molar-refractivity contribution in [3.05, 3.63) is 22.4 Å². The van der Waals surface area contributed by atoms with Gasteiger partial charge < -0.3 is 5.32 Å². The van der Waals surface area contributed by atoms with E-state index in [0.29, 0.717) is 12.1 Å². The average Bonchev–Trinajstić information content (AvgIpc) is 2.93. The second-order valence-electron chi connectivity index (χ2n) is 5.17. The molecule has 102 valence electrons. The highest BCUT2D eigenvalue weighted by Crippen LogP contribution is 2.28. The van der Waals surface area contributed by atoms with Gasteiger partial charge in [-0.3, -0.25) is 4.90 Å². The summed E-state index contributed by atoms with van der Waals surface area (Å²) in [6.45, 7) is 8.15. The minimum atomic E-state index is 0.610. The van der Waals surface area contributed by atoms with Crippen molar-refractivity contribution in [2.24, 2.45) is 0 Å². The van der Waals surface area contributed by atoms with Crippen LogP contribution in [0, 0.1) is 0 Å². The van der Waals surface area contributed by atoms with E-state index in [1.807, 2.05) is 11.3 Å². The van der Waals surface area contributed by atoms with Gasteiger partial charge in [-0.25, -0.2) is 0 Å². The molecule has 0 saturated carbocycles. The van der Waals surface area contributed by atoms with Crippen LogP contribution in [0.4, 0.5) is 0 Å². The summed E-state index contributed by atoms with van der Waals surface area (Å²) in [5, 5.41) is 5.87. The normalized spacial score (nSPS) is 22.3. The van der Waals surface area contributed by atoms with E-state index in [0.717, 1.165) is 6.54 Å². The van der Waals surface area contributed by atoms with Gasteiger partial charge in [0.2, 0.25) is 0 Å². The summed E-state index contributed by atoms with van der Waals surface area (Å²) in [5.74, 6) is 0. The van der Waals surface area contributed by atoms with Gasteiger partial charge in [0.15, 0.2) is 0 Å². The zero-order valence-corrected chi connectivity index (χ0v) is 12.5. The number of hydrogen-bond donors (Lipinski definition) is 1. The van der Waals surface area contributed by atoms with Gasteiger partial charge in [-0.1, -0.05) is 26.3 Å². The Morgan fingerprint density at radius 3 is 2.89 bits per heavy atom. The van der Waals surface area contributed by atoms with E-state index < -0.39 is 0 Å². The lowest BCUT2D eigenvalue weighted by molar-refractivity contribution is 0.172. The van der Waals surface area contributed by atoms with Gasteiger partial charge in [0, 0.05) is 23.5 Å². The molecule has 1 fully saturated rings. The van der Waals surface area contributed by atoms with Crippen molar-refractivity contribution in [1.29, 1.82) is 0 Å². The van der Waals surface area contributed by atoms with Crippen molar-refractivity contribution in [3.8, 4) is 0 Å². The molecule has 1 aliphatic rings. The van der Waals surface area contributed by atoms with Crippen molar-refractivity contribution >= 4 is 11.3 Å². The predicted octanol–water partition coefficient (Wildman–Crippen LogP) is 3.66. The second-order valence-corrected chi connectivity index (χ2v) is 6.15. The maximum absolute atomic E-state index is 3.67. The van der Waals surface area contributed by atoms with Gasteiger partial charge in [-0.05, 0) is 43.8 Å². The van der Waals surface area contributed by atoms with Crippen LogP contribution in [-0.2, 0) is 0 Å². The summed E-state index contributed by atoms with van der Waals surface area (Å²) in [6, 6.07) is 5.77. The van der Waals surface area contributed by atoms with Crippen LogP contribution in [0.1, 0.15) is 50.4 Å². The predicted molar refractivity (Wildman–Crippen MR) is 80.2 cm³/mol. The Kier molecular flexibility index (Phi) is 5.67. The average molecular weight is 266 g/mol. The van der Waals surface area contributed by atoms with Gasteiger partial charge in [0.1, 0.15) is 0 Å². The van der Waals surface area contributed by atoms with Gasteiger partial charge in [-0.15, -0.1) is 11.3 Å². The van der Waals surface area contributed by atoms with Crippen LogP contribution in [-0.4, -0.2) is 30.6 Å². The molecule has 2 heterocycles. The molecular weight excluding hydrogens is 240 g/mol. The summed E-state index contributed by atoms with van der Waals surface area (Å²) >= 11 is 1.90. The second kappa shape index (κ2) is 7.27. The molecule has 0 aromatic carbocycles. The Bertz CT molecular complexity index is 317. The first-order valence-electron chi connectivity index (χ1n) is 7.36. The first-order chi connectivity index (χ1) is 8.85. The van der Waals surface area contributed by atoms with Crippen molar-refractivity contribution < 1.29 is 0 Å². The third-order valence-electron chi connectivity index (χ3n) is 3.97. The molecule has 1 aliphatic heterocycles. The fraction of sp³-hybridized carbons (Fsp3) is 0.733. The molecule has 2 nitrogen and oxygen atoms in total. The number of rotatable bonds is 6. The van der Waals surface area contributed by atoms with Crippen molar-refractivity contribution in [1.82, 2.24) is 10.2 Å². The number of hydrogen-bond acceptors (Lipinski definition) is 3. The van der Waals surface area contributed by atoms with Gasteiger partial charge in [0.25, 0.3) is 0 Å². The maximum atomic E-state index is 3.67. The van der Waals surface area contributed by atoms with E-state index in [9.17, 15) is 0 Å². The molecule has 1 N–H and O–H groups in total. The molecule has 0 radical (unpaired) electrons. The van der Waals surface area contributed by atoms with Crippen LogP contribution in [0.3, 0.4) is 0 Å². The van der Waals surface area contributed by atoms with Crippen LogP contribution < -0.4 is 5.32 Å². The highest BCUT2D eigenvalue weighted by Gasteiger charge is 2.22. The minimum absolute atomic E-state index is 0.610. The quantitative estimate of drug-likeness (QED) is 0.845. The van der Waals surface area contributed by atoms with Gasteiger partial charge >= 0.3 is 0 Å². The molecule has 3 heteroatoms. The lowest BCUT2D eigenvalue weighted by Crippen LogP contribution is -2.44. The number of nitrogens with one attached hydrogen (secondary N) is 1. The first kappa shape index (κ1) is 14.0. The SMILES string of the molecule is CCC(c1cccs1)N(CC)CC1CCCCN1. The smallest absolute Gasteiger partial charge is 0.0439 e. The largest absolute Gasteiger partial charge is 0.313 e. The molecule has 1 saturated heterocycles. The number of nitrogens with zero attached hydrogens (tertiary/aromatic N) is 1. The van der Waals surface area contributed by atoms with Gasteiger partial charge in [-0.2, -0.15) is 0 Å². The highest BCUT2D eigenvalue weighted by atomic mass is 32.1. The molecule has 0 bridgehead atoms. The topological polar surface area (TPSA) is 15.3 Å². The molecule has 0 amide bonds. The Morgan fingerprint density at radius 2 is 2.33 bits per heavy atom.